The van der Waals surface area contributed by atoms with Gasteiger partial charge in [-0.25, -0.2) is 9.48 Å². The maximum Gasteiger partial charge on any atom is 0.429 e. The Morgan fingerprint density at radius 1 is 1.18 bits per heavy atom. The number of carbonyl (C=O) groups is 2. The van der Waals surface area contributed by atoms with E-state index in [1.54, 1.807) is 13.0 Å². The average Bonchev–Trinajstić information content (AvgIpc) is 3.60. The van der Waals surface area contributed by atoms with Crippen LogP contribution >= 0.6 is 0 Å². The number of aliphatic carboxylic acids is 1. The van der Waals surface area contributed by atoms with E-state index < -0.39 is 30.3 Å². The summed E-state index contributed by atoms with van der Waals surface area (Å²) in [7, 11) is 0. The molecule has 0 radical (unpaired) electrons. The fourth-order valence-electron chi connectivity index (χ4n) is 5.73. The molecule has 0 saturated carbocycles. The lowest BCUT2D eigenvalue weighted by Gasteiger charge is -2.39. The predicted octanol–water partition coefficient (Wildman–Crippen LogP) is 4.08. The van der Waals surface area contributed by atoms with Gasteiger partial charge in [0.15, 0.2) is 0 Å². The van der Waals surface area contributed by atoms with Crippen molar-refractivity contribution in [1.29, 1.82) is 0 Å². The molecule has 1 spiro atoms. The fraction of sp³-hybridized carbons (Fsp3) is 0.500. The number of anilines is 2. The van der Waals surface area contributed by atoms with Gasteiger partial charge < -0.3 is 30.5 Å². The molecule has 2 saturated heterocycles. The summed E-state index contributed by atoms with van der Waals surface area (Å²) in [6.45, 7) is 7.17. The van der Waals surface area contributed by atoms with Crippen molar-refractivity contribution < 1.29 is 37.3 Å². The lowest BCUT2D eigenvalue weighted by atomic mass is 9.76. The summed E-state index contributed by atoms with van der Waals surface area (Å²) < 4.78 is 56.2. The monoisotopic (exact) mass is 631 g/mol. The van der Waals surface area contributed by atoms with Crippen LogP contribution in [-0.2, 0) is 9.53 Å². The number of hydrogen-bond acceptors (Lipinski definition) is 10. The number of halogens is 3. The number of aryl methyl sites for hydroxylation is 1. The van der Waals surface area contributed by atoms with Crippen molar-refractivity contribution in [2.45, 2.75) is 58.4 Å². The zero-order chi connectivity index (χ0) is 32.5. The van der Waals surface area contributed by atoms with Gasteiger partial charge in [0, 0.05) is 37.5 Å². The number of alkyl halides is 3. The minimum Gasteiger partial charge on any atom is -0.480 e. The summed E-state index contributed by atoms with van der Waals surface area (Å²) in [6.07, 6.45) is -4.04. The number of nitrogens with two attached hydrogens (primary N) is 1. The fourth-order valence-corrected chi connectivity index (χ4v) is 5.73. The molecule has 0 bridgehead atoms. The molecule has 0 unspecified atom stereocenters. The van der Waals surface area contributed by atoms with Crippen molar-refractivity contribution in [3.63, 3.8) is 0 Å². The Bertz CT molecular complexity index is 1550. The molecule has 15 heteroatoms. The third kappa shape index (κ3) is 7.30. The molecule has 2 aliphatic heterocycles. The Balaban J connectivity index is 1.42. The molecule has 45 heavy (non-hydrogen) atoms. The number of carbonyl (C=O) groups excluding carboxylic acids is 1. The number of esters is 1. The molecule has 2 aromatic heterocycles. The third-order valence-corrected chi connectivity index (χ3v) is 8.11. The Morgan fingerprint density at radius 2 is 1.91 bits per heavy atom. The smallest absolute Gasteiger partial charge is 0.429 e. The second-order valence-electron chi connectivity index (χ2n) is 12.1. The van der Waals surface area contributed by atoms with Crippen molar-refractivity contribution in [3.8, 4) is 11.6 Å². The molecule has 2 atom stereocenters. The zero-order valence-electron chi connectivity index (χ0n) is 25.2. The van der Waals surface area contributed by atoms with Crippen LogP contribution in [0.15, 0.2) is 36.5 Å². The van der Waals surface area contributed by atoms with Crippen molar-refractivity contribution in [2.75, 3.05) is 36.9 Å². The lowest BCUT2D eigenvalue weighted by Crippen LogP contribution is -2.41. The quantitative estimate of drug-likeness (QED) is 0.292. The second kappa shape index (κ2) is 12.5. The van der Waals surface area contributed by atoms with Gasteiger partial charge in [-0.3, -0.25) is 4.79 Å². The average molecular weight is 632 g/mol. The number of hydrogen-bond donors (Lipinski definition) is 3. The summed E-state index contributed by atoms with van der Waals surface area (Å²) in [5.41, 5.74) is 6.06. The van der Waals surface area contributed by atoms with E-state index in [4.69, 9.17) is 15.2 Å². The molecule has 3 aromatic rings. The van der Waals surface area contributed by atoms with E-state index in [-0.39, 0.29) is 46.6 Å². The highest BCUT2D eigenvalue weighted by molar-refractivity contribution is 5.90. The Hall–Kier alpha value is -4.40. The van der Waals surface area contributed by atoms with Gasteiger partial charge in [-0.15, -0.1) is 0 Å². The van der Waals surface area contributed by atoms with Gasteiger partial charge in [0.1, 0.15) is 11.9 Å². The van der Waals surface area contributed by atoms with Crippen molar-refractivity contribution in [1.82, 2.24) is 25.1 Å². The SMILES string of the molecule is Cc1ccn(-c2cc(C(=O)OCC(C)C)ccc2[C@@H](Oc2cc(N3CCC4(CC3)CN[C@H](C(=O)O)C4)nc(N)n2)C(F)(F)F)n1. The van der Waals surface area contributed by atoms with Crippen LogP contribution in [-0.4, -0.2) is 75.3 Å². The minimum absolute atomic E-state index is 0.0159. The van der Waals surface area contributed by atoms with Gasteiger partial charge in [-0.1, -0.05) is 19.9 Å². The number of nitrogen functional groups attached to an aromatic ring is 1. The van der Waals surface area contributed by atoms with Crippen molar-refractivity contribution >= 4 is 23.7 Å². The molecule has 0 amide bonds. The number of carboxylic acids is 1. The largest absolute Gasteiger partial charge is 0.480 e. The number of nitrogens with one attached hydrogen (secondary N) is 1. The van der Waals surface area contributed by atoms with Crippen molar-refractivity contribution in [3.05, 3.63) is 53.3 Å². The molecule has 12 nitrogen and oxygen atoms in total. The van der Waals surface area contributed by atoms with Gasteiger partial charge in [-0.05, 0) is 55.7 Å². The first-order valence-electron chi connectivity index (χ1n) is 14.7. The summed E-state index contributed by atoms with van der Waals surface area (Å²) in [4.78, 5) is 34.2. The van der Waals surface area contributed by atoms with E-state index in [0.717, 1.165) is 0 Å². The Morgan fingerprint density at radius 3 is 2.51 bits per heavy atom. The van der Waals surface area contributed by atoms with Crippen LogP contribution in [0.5, 0.6) is 5.88 Å². The van der Waals surface area contributed by atoms with Crippen LogP contribution < -0.4 is 20.7 Å². The molecule has 242 valence electrons. The number of benzene rings is 1. The molecule has 4 N–H and O–H groups in total. The molecule has 2 fully saturated rings. The Kier molecular flexibility index (Phi) is 8.92. The van der Waals surface area contributed by atoms with Gasteiger partial charge in [-0.2, -0.15) is 28.2 Å². The minimum atomic E-state index is -4.90. The van der Waals surface area contributed by atoms with E-state index in [0.29, 0.717) is 50.4 Å². The summed E-state index contributed by atoms with van der Waals surface area (Å²) in [5.74, 6) is -1.82. The van der Waals surface area contributed by atoms with Gasteiger partial charge >= 0.3 is 18.1 Å². The topological polar surface area (TPSA) is 158 Å². The van der Waals surface area contributed by atoms with Crippen LogP contribution in [0.2, 0.25) is 0 Å². The number of ether oxygens (including phenoxy) is 2. The van der Waals surface area contributed by atoms with Crippen LogP contribution in [0.25, 0.3) is 5.69 Å². The first kappa shape index (κ1) is 32.0. The standard InChI is InChI=1S/C30H36F3N7O5/c1-17(2)15-44-27(43)19-4-5-20(22(12-19)40-9-6-18(3)38-40)25(30(31,32)33)45-24-13-23(36-28(34)37-24)39-10-7-29(8-11-39)14-21(26(41)42)35-16-29/h4-6,9,12-13,17,21,25,35H,7-8,10-11,14-16H2,1-3H3,(H,41,42)(H2,34,36,37)/t21-,25+/m0/s1. The first-order valence-corrected chi connectivity index (χ1v) is 14.7. The maximum atomic E-state index is 14.7. The highest BCUT2D eigenvalue weighted by Gasteiger charge is 2.46. The van der Waals surface area contributed by atoms with Crippen LogP contribution in [0.1, 0.15) is 60.8 Å². The zero-order valence-corrected chi connectivity index (χ0v) is 25.2. The number of piperidine rings is 1. The predicted molar refractivity (Wildman–Crippen MR) is 157 cm³/mol. The summed E-state index contributed by atoms with van der Waals surface area (Å²) >= 11 is 0. The molecule has 1 aromatic carbocycles. The molecular formula is C30H36F3N7O5. The Labute approximate surface area is 257 Å². The van der Waals surface area contributed by atoms with Crippen molar-refractivity contribution in [2.24, 2.45) is 11.3 Å². The van der Waals surface area contributed by atoms with E-state index in [1.807, 2.05) is 18.7 Å². The molecular weight excluding hydrogens is 595 g/mol. The van der Waals surface area contributed by atoms with E-state index >= 15 is 0 Å². The lowest BCUT2D eigenvalue weighted by molar-refractivity contribution is -0.198. The number of aromatic nitrogens is 4. The summed E-state index contributed by atoms with van der Waals surface area (Å²) in [6, 6.07) is 6.07. The van der Waals surface area contributed by atoms with Crippen LogP contribution in [0, 0.1) is 18.3 Å². The molecule has 4 heterocycles. The highest BCUT2D eigenvalue weighted by atomic mass is 19.4. The van der Waals surface area contributed by atoms with Crippen LogP contribution in [0.4, 0.5) is 24.9 Å². The van der Waals surface area contributed by atoms with E-state index in [1.165, 1.54) is 35.1 Å². The number of carboxylic acid groups (broad SMARTS) is 1. The second-order valence-corrected chi connectivity index (χ2v) is 12.1. The van der Waals surface area contributed by atoms with Crippen LogP contribution in [0.3, 0.4) is 0 Å². The molecule has 2 aliphatic rings. The first-order chi connectivity index (χ1) is 21.2. The normalized spacial score (nSPS) is 18.7. The maximum absolute atomic E-state index is 14.7. The van der Waals surface area contributed by atoms with E-state index in [2.05, 4.69) is 20.4 Å². The van der Waals surface area contributed by atoms with Gasteiger partial charge in [0.2, 0.25) is 17.9 Å². The van der Waals surface area contributed by atoms with E-state index in [9.17, 15) is 27.9 Å². The molecule has 0 aliphatic carbocycles. The van der Waals surface area contributed by atoms with Gasteiger partial charge in [0.05, 0.1) is 23.6 Å². The third-order valence-electron chi connectivity index (χ3n) is 8.11. The number of nitrogens with zero attached hydrogens (tertiary/aromatic N) is 5. The highest BCUT2D eigenvalue weighted by Crippen LogP contribution is 2.42. The molecule has 5 rings (SSSR count). The van der Waals surface area contributed by atoms with Gasteiger partial charge in [0.25, 0.3) is 0 Å². The summed E-state index contributed by atoms with van der Waals surface area (Å²) in [5, 5.41) is 16.7. The number of rotatable bonds is 9.